The van der Waals surface area contributed by atoms with Crippen LogP contribution in [0.1, 0.15) is 12.5 Å². The van der Waals surface area contributed by atoms with Crippen molar-refractivity contribution in [2.24, 2.45) is 0 Å². The standard InChI is InChI=1S/C12H18FNO2/c1-9(12(15-2)16-3)14-8-10-4-6-11(13)7-5-10/h4-7,9,12,14H,8H2,1-3H3. The van der Waals surface area contributed by atoms with E-state index in [4.69, 9.17) is 9.47 Å². The summed E-state index contributed by atoms with van der Waals surface area (Å²) in [5.74, 6) is -0.219. The molecule has 1 aromatic carbocycles. The molecule has 0 saturated heterocycles. The number of hydrogen-bond donors (Lipinski definition) is 1. The molecule has 1 atom stereocenters. The van der Waals surface area contributed by atoms with Gasteiger partial charge in [-0.2, -0.15) is 0 Å². The average molecular weight is 227 g/mol. The van der Waals surface area contributed by atoms with Gasteiger partial charge in [-0.3, -0.25) is 0 Å². The minimum Gasteiger partial charge on any atom is -0.354 e. The summed E-state index contributed by atoms with van der Waals surface area (Å²) in [7, 11) is 3.20. The molecule has 16 heavy (non-hydrogen) atoms. The zero-order valence-corrected chi connectivity index (χ0v) is 9.87. The summed E-state index contributed by atoms with van der Waals surface area (Å²) in [5.41, 5.74) is 1.03. The van der Waals surface area contributed by atoms with E-state index in [0.717, 1.165) is 5.56 Å². The monoisotopic (exact) mass is 227 g/mol. The summed E-state index contributed by atoms with van der Waals surface area (Å²) in [6.45, 7) is 2.63. The number of rotatable bonds is 6. The molecule has 0 aliphatic heterocycles. The lowest BCUT2D eigenvalue weighted by Gasteiger charge is -2.22. The van der Waals surface area contributed by atoms with Crippen LogP contribution in [0.3, 0.4) is 0 Å². The lowest BCUT2D eigenvalue weighted by Crippen LogP contribution is -2.39. The van der Waals surface area contributed by atoms with Crippen molar-refractivity contribution in [3.8, 4) is 0 Å². The summed E-state index contributed by atoms with van der Waals surface area (Å²) in [6, 6.07) is 6.48. The molecule has 0 aromatic heterocycles. The highest BCUT2D eigenvalue weighted by atomic mass is 19.1. The van der Waals surface area contributed by atoms with Crippen molar-refractivity contribution in [3.05, 3.63) is 35.6 Å². The largest absolute Gasteiger partial charge is 0.354 e. The van der Waals surface area contributed by atoms with E-state index in [-0.39, 0.29) is 18.1 Å². The second-order valence-electron chi connectivity index (χ2n) is 3.64. The van der Waals surface area contributed by atoms with Crippen molar-refractivity contribution in [3.63, 3.8) is 0 Å². The molecule has 1 aromatic rings. The molecule has 90 valence electrons. The number of halogens is 1. The van der Waals surface area contributed by atoms with Crippen LogP contribution < -0.4 is 5.32 Å². The second-order valence-corrected chi connectivity index (χ2v) is 3.64. The van der Waals surface area contributed by atoms with Crippen LogP contribution in [0.2, 0.25) is 0 Å². The Bertz CT molecular complexity index is 298. The Balaban J connectivity index is 2.42. The third-order valence-electron chi connectivity index (χ3n) is 2.41. The number of nitrogens with one attached hydrogen (secondary N) is 1. The predicted molar refractivity (Wildman–Crippen MR) is 60.5 cm³/mol. The summed E-state index contributed by atoms with van der Waals surface area (Å²) in [4.78, 5) is 0. The molecule has 0 amide bonds. The minimum atomic E-state index is -0.277. The van der Waals surface area contributed by atoms with Gasteiger partial charge in [0.15, 0.2) is 6.29 Å². The van der Waals surface area contributed by atoms with Gasteiger partial charge in [0.2, 0.25) is 0 Å². The van der Waals surface area contributed by atoms with E-state index < -0.39 is 0 Å². The lowest BCUT2D eigenvalue weighted by molar-refractivity contribution is -0.119. The zero-order chi connectivity index (χ0) is 12.0. The first kappa shape index (κ1) is 13.1. The molecular weight excluding hydrogens is 209 g/mol. The van der Waals surface area contributed by atoms with Gasteiger partial charge in [-0.1, -0.05) is 12.1 Å². The van der Waals surface area contributed by atoms with Crippen LogP contribution in [0, 0.1) is 5.82 Å². The normalized spacial score (nSPS) is 13.1. The number of hydrogen-bond acceptors (Lipinski definition) is 3. The second kappa shape index (κ2) is 6.58. The maximum atomic E-state index is 12.7. The fourth-order valence-electron chi connectivity index (χ4n) is 1.48. The zero-order valence-electron chi connectivity index (χ0n) is 9.87. The van der Waals surface area contributed by atoms with Crippen LogP contribution >= 0.6 is 0 Å². The summed E-state index contributed by atoms with van der Waals surface area (Å²) in [5, 5.41) is 3.25. The van der Waals surface area contributed by atoms with Gasteiger partial charge in [0, 0.05) is 20.8 Å². The fourth-order valence-corrected chi connectivity index (χ4v) is 1.48. The van der Waals surface area contributed by atoms with Crippen molar-refractivity contribution in [1.29, 1.82) is 0 Å². The van der Waals surface area contributed by atoms with Gasteiger partial charge in [0.25, 0.3) is 0 Å². The third kappa shape index (κ3) is 3.89. The van der Waals surface area contributed by atoms with Crippen LogP contribution in [0.25, 0.3) is 0 Å². The van der Waals surface area contributed by atoms with Crippen molar-refractivity contribution in [1.82, 2.24) is 5.32 Å². The lowest BCUT2D eigenvalue weighted by atomic mass is 10.2. The van der Waals surface area contributed by atoms with Crippen molar-refractivity contribution >= 4 is 0 Å². The predicted octanol–water partition coefficient (Wildman–Crippen LogP) is 1.92. The van der Waals surface area contributed by atoms with Crippen LogP contribution in [0.15, 0.2) is 24.3 Å². The highest BCUT2D eigenvalue weighted by Gasteiger charge is 2.14. The molecule has 0 bridgehead atoms. The summed E-state index contributed by atoms with van der Waals surface area (Å²) in [6.07, 6.45) is -0.277. The van der Waals surface area contributed by atoms with Crippen LogP contribution in [-0.4, -0.2) is 26.6 Å². The third-order valence-corrected chi connectivity index (χ3v) is 2.41. The number of ether oxygens (including phenoxy) is 2. The summed E-state index contributed by atoms with van der Waals surface area (Å²) >= 11 is 0. The van der Waals surface area contributed by atoms with Gasteiger partial charge in [0.05, 0.1) is 6.04 Å². The molecule has 0 aliphatic carbocycles. The Kier molecular flexibility index (Phi) is 5.38. The van der Waals surface area contributed by atoms with Gasteiger partial charge in [-0.25, -0.2) is 4.39 Å². The fraction of sp³-hybridized carbons (Fsp3) is 0.500. The molecule has 0 fully saturated rings. The highest BCUT2D eigenvalue weighted by Crippen LogP contribution is 2.04. The Morgan fingerprint density at radius 2 is 1.75 bits per heavy atom. The van der Waals surface area contributed by atoms with E-state index in [0.29, 0.717) is 6.54 Å². The van der Waals surface area contributed by atoms with E-state index >= 15 is 0 Å². The molecule has 0 heterocycles. The maximum absolute atomic E-state index is 12.7. The molecule has 0 spiro atoms. The Labute approximate surface area is 95.6 Å². The quantitative estimate of drug-likeness (QED) is 0.753. The smallest absolute Gasteiger partial charge is 0.171 e. The van der Waals surface area contributed by atoms with Gasteiger partial charge in [-0.05, 0) is 24.6 Å². The van der Waals surface area contributed by atoms with E-state index in [2.05, 4.69) is 5.32 Å². The van der Waals surface area contributed by atoms with E-state index in [1.807, 2.05) is 6.92 Å². The Hall–Kier alpha value is -0.970. The van der Waals surface area contributed by atoms with E-state index in [1.165, 1.54) is 12.1 Å². The van der Waals surface area contributed by atoms with Crippen LogP contribution in [0.5, 0.6) is 0 Å². The molecule has 0 radical (unpaired) electrons. The Morgan fingerprint density at radius 3 is 2.25 bits per heavy atom. The molecule has 0 saturated carbocycles. The molecule has 1 unspecified atom stereocenters. The highest BCUT2D eigenvalue weighted by molar-refractivity contribution is 5.15. The van der Waals surface area contributed by atoms with E-state index in [1.54, 1.807) is 26.4 Å². The molecule has 3 nitrogen and oxygen atoms in total. The SMILES string of the molecule is COC(OC)C(C)NCc1ccc(F)cc1. The molecule has 1 rings (SSSR count). The first-order valence-electron chi connectivity index (χ1n) is 5.20. The maximum Gasteiger partial charge on any atom is 0.171 e. The average Bonchev–Trinajstić information content (AvgIpc) is 2.30. The first-order chi connectivity index (χ1) is 7.67. The first-order valence-corrected chi connectivity index (χ1v) is 5.20. The van der Waals surface area contributed by atoms with Gasteiger partial charge < -0.3 is 14.8 Å². The number of benzene rings is 1. The van der Waals surface area contributed by atoms with Gasteiger partial charge in [-0.15, -0.1) is 0 Å². The minimum absolute atomic E-state index is 0.0695. The van der Waals surface area contributed by atoms with Gasteiger partial charge in [0.1, 0.15) is 5.82 Å². The van der Waals surface area contributed by atoms with Crippen molar-refractivity contribution in [2.75, 3.05) is 14.2 Å². The molecule has 0 aliphatic rings. The van der Waals surface area contributed by atoms with E-state index in [9.17, 15) is 4.39 Å². The number of methoxy groups -OCH3 is 2. The molecule has 1 N–H and O–H groups in total. The molecule has 4 heteroatoms. The molecular formula is C12H18FNO2. The van der Waals surface area contributed by atoms with Crippen LogP contribution in [-0.2, 0) is 16.0 Å². The Morgan fingerprint density at radius 1 is 1.19 bits per heavy atom. The van der Waals surface area contributed by atoms with Crippen molar-refractivity contribution in [2.45, 2.75) is 25.8 Å². The van der Waals surface area contributed by atoms with Gasteiger partial charge >= 0.3 is 0 Å². The summed E-state index contributed by atoms with van der Waals surface area (Å²) < 4.78 is 22.9. The van der Waals surface area contributed by atoms with Crippen molar-refractivity contribution < 1.29 is 13.9 Å². The topological polar surface area (TPSA) is 30.5 Å². The van der Waals surface area contributed by atoms with Crippen LogP contribution in [0.4, 0.5) is 4.39 Å².